The Hall–Kier alpha value is -0.280. The van der Waals surface area contributed by atoms with Gasteiger partial charge in [-0.25, -0.2) is 4.98 Å². The van der Waals surface area contributed by atoms with E-state index in [1.54, 1.807) is 11.3 Å². The fourth-order valence-electron chi connectivity index (χ4n) is 4.89. The van der Waals surface area contributed by atoms with Crippen LogP contribution < -0.4 is 5.73 Å². The standard InChI is InChI=1S/C13H17ClN2S/c14-12-11(17-13(15)16-12)10-8-2-6-1-7(4-8)5-9(10)3-6/h6-10H,1-5H2,(H2,15,16). The van der Waals surface area contributed by atoms with Crippen molar-refractivity contribution in [2.24, 2.45) is 23.7 Å². The van der Waals surface area contributed by atoms with Gasteiger partial charge in [0.2, 0.25) is 0 Å². The number of nitrogens with two attached hydrogens (primary N) is 1. The molecule has 0 aromatic carbocycles. The van der Waals surface area contributed by atoms with E-state index in [2.05, 4.69) is 4.98 Å². The van der Waals surface area contributed by atoms with Gasteiger partial charge in [-0.15, -0.1) is 11.3 Å². The quantitative estimate of drug-likeness (QED) is 0.838. The van der Waals surface area contributed by atoms with E-state index in [1.807, 2.05) is 0 Å². The molecule has 0 aliphatic heterocycles. The molecule has 4 bridgehead atoms. The van der Waals surface area contributed by atoms with Gasteiger partial charge in [-0.2, -0.15) is 0 Å². The molecule has 1 heterocycles. The minimum atomic E-state index is 0.638. The van der Waals surface area contributed by atoms with Gasteiger partial charge >= 0.3 is 0 Å². The summed E-state index contributed by atoms with van der Waals surface area (Å²) in [5.74, 6) is 4.42. The van der Waals surface area contributed by atoms with Crippen molar-refractivity contribution in [3.05, 3.63) is 10.0 Å². The molecule has 0 spiro atoms. The van der Waals surface area contributed by atoms with Gasteiger partial charge in [-0.3, -0.25) is 0 Å². The van der Waals surface area contributed by atoms with Gasteiger partial charge < -0.3 is 5.73 Å². The van der Waals surface area contributed by atoms with Gasteiger partial charge in [-0.1, -0.05) is 11.6 Å². The summed E-state index contributed by atoms with van der Waals surface area (Å²) < 4.78 is 0. The highest BCUT2D eigenvalue weighted by Crippen LogP contribution is 2.61. The monoisotopic (exact) mass is 268 g/mol. The minimum absolute atomic E-state index is 0.638. The van der Waals surface area contributed by atoms with Gasteiger partial charge in [0.25, 0.3) is 0 Å². The number of halogens is 1. The molecular weight excluding hydrogens is 252 g/mol. The fraction of sp³-hybridized carbons (Fsp3) is 0.769. The first-order valence-corrected chi connectivity index (χ1v) is 7.82. The number of anilines is 1. The number of hydrogen-bond acceptors (Lipinski definition) is 3. The average molecular weight is 269 g/mol. The van der Waals surface area contributed by atoms with E-state index in [1.165, 1.54) is 37.0 Å². The highest BCUT2D eigenvalue weighted by atomic mass is 35.5. The molecule has 4 saturated carbocycles. The lowest BCUT2D eigenvalue weighted by Gasteiger charge is -2.54. The second-order valence-corrected chi connectivity index (χ2v) is 7.58. The van der Waals surface area contributed by atoms with E-state index in [0.717, 1.165) is 23.7 Å². The third-order valence-electron chi connectivity index (χ3n) is 5.16. The third kappa shape index (κ3) is 1.55. The molecule has 1 aromatic heterocycles. The zero-order valence-corrected chi connectivity index (χ0v) is 11.3. The highest BCUT2D eigenvalue weighted by molar-refractivity contribution is 7.16. The van der Waals surface area contributed by atoms with Crippen molar-refractivity contribution < 1.29 is 0 Å². The maximum Gasteiger partial charge on any atom is 0.181 e. The van der Waals surface area contributed by atoms with Crippen LogP contribution in [0.25, 0.3) is 0 Å². The first-order valence-electron chi connectivity index (χ1n) is 6.62. The third-order valence-corrected chi connectivity index (χ3v) is 6.54. The van der Waals surface area contributed by atoms with Crippen molar-refractivity contribution in [3.63, 3.8) is 0 Å². The lowest BCUT2D eigenvalue weighted by atomic mass is 9.52. The Morgan fingerprint density at radius 2 is 1.65 bits per heavy atom. The van der Waals surface area contributed by atoms with Crippen LogP contribution in [-0.4, -0.2) is 4.98 Å². The van der Waals surface area contributed by atoms with Crippen LogP contribution in [0.3, 0.4) is 0 Å². The average Bonchev–Trinajstić information content (AvgIpc) is 2.56. The van der Waals surface area contributed by atoms with E-state index in [9.17, 15) is 0 Å². The van der Waals surface area contributed by atoms with E-state index in [-0.39, 0.29) is 0 Å². The van der Waals surface area contributed by atoms with Gasteiger partial charge in [0.1, 0.15) is 5.15 Å². The molecule has 2 N–H and O–H groups in total. The van der Waals surface area contributed by atoms with Crippen molar-refractivity contribution in [1.82, 2.24) is 4.98 Å². The van der Waals surface area contributed by atoms with Crippen molar-refractivity contribution in [1.29, 1.82) is 0 Å². The molecule has 2 nitrogen and oxygen atoms in total. The maximum absolute atomic E-state index is 6.26. The molecule has 92 valence electrons. The smallest absolute Gasteiger partial charge is 0.181 e. The molecule has 0 radical (unpaired) electrons. The highest BCUT2D eigenvalue weighted by Gasteiger charge is 2.49. The largest absolute Gasteiger partial charge is 0.375 e. The topological polar surface area (TPSA) is 38.9 Å². The van der Waals surface area contributed by atoms with Crippen LogP contribution in [0.5, 0.6) is 0 Å². The van der Waals surface area contributed by atoms with Crippen molar-refractivity contribution in [2.45, 2.75) is 38.0 Å². The van der Waals surface area contributed by atoms with Crippen LogP contribution in [0.2, 0.25) is 5.15 Å². The zero-order chi connectivity index (χ0) is 11.6. The number of nitrogen functional groups attached to an aromatic ring is 1. The van der Waals surface area contributed by atoms with Crippen LogP contribution in [0, 0.1) is 23.7 Å². The van der Waals surface area contributed by atoms with Crippen molar-refractivity contribution >= 4 is 28.1 Å². The second kappa shape index (κ2) is 3.61. The Kier molecular flexibility index (Phi) is 2.26. The number of hydrogen-bond donors (Lipinski definition) is 1. The van der Waals surface area contributed by atoms with E-state index in [4.69, 9.17) is 17.3 Å². The Balaban J connectivity index is 1.72. The first-order chi connectivity index (χ1) is 8.20. The predicted octanol–water partition coefficient (Wildman–Crippen LogP) is 3.92. The fourth-order valence-corrected chi connectivity index (χ4v) is 6.28. The molecule has 0 amide bonds. The summed E-state index contributed by atoms with van der Waals surface area (Å²) >= 11 is 7.89. The molecule has 4 fully saturated rings. The summed E-state index contributed by atoms with van der Waals surface area (Å²) in [7, 11) is 0. The molecule has 1 aromatic rings. The Morgan fingerprint density at radius 1 is 1.06 bits per heavy atom. The molecule has 0 unspecified atom stereocenters. The molecule has 4 heteroatoms. The molecular formula is C13H17ClN2S. The number of aromatic nitrogens is 1. The van der Waals surface area contributed by atoms with Crippen LogP contribution >= 0.6 is 22.9 Å². The number of thiazole rings is 1. The molecule has 5 rings (SSSR count). The number of rotatable bonds is 1. The summed E-state index contributed by atoms with van der Waals surface area (Å²) in [5, 5.41) is 1.32. The summed E-state index contributed by atoms with van der Waals surface area (Å²) in [6.07, 6.45) is 7.19. The lowest BCUT2D eigenvalue weighted by Crippen LogP contribution is -2.43. The van der Waals surface area contributed by atoms with Gasteiger partial charge in [-0.05, 0) is 55.8 Å². The Labute approximate surface area is 111 Å². The Bertz CT molecular complexity index is 428. The summed E-state index contributed by atoms with van der Waals surface area (Å²) in [6.45, 7) is 0. The van der Waals surface area contributed by atoms with E-state index in [0.29, 0.717) is 16.2 Å². The molecule has 4 aliphatic rings. The molecule has 0 saturated heterocycles. The van der Waals surface area contributed by atoms with Gasteiger partial charge in [0, 0.05) is 10.8 Å². The first kappa shape index (κ1) is 10.6. The van der Waals surface area contributed by atoms with Gasteiger partial charge in [0.05, 0.1) is 0 Å². The van der Waals surface area contributed by atoms with E-state index >= 15 is 0 Å². The van der Waals surface area contributed by atoms with Crippen molar-refractivity contribution in [3.8, 4) is 0 Å². The summed E-state index contributed by atoms with van der Waals surface area (Å²) in [4.78, 5) is 5.50. The second-order valence-electron chi connectivity index (χ2n) is 6.16. The van der Waals surface area contributed by atoms with Crippen LogP contribution in [0.4, 0.5) is 5.13 Å². The van der Waals surface area contributed by atoms with E-state index < -0.39 is 0 Å². The molecule has 17 heavy (non-hydrogen) atoms. The minimum Gasteiger partial charge on any atom is -0.375 e. The number of nitrogens with zero attached hydrogens (tertiary/aromatic N) is 1. The van der Waals surface area contributed by atoms with Crippen molar-refractivity contribution in [2.75, 3.05) is 5.73 Å². The maximum atomic E-state index is 6.26. The summed E-state index contributed by atoms with van der Waals surface area (Å²) in [5.41, 5.74) is 5.80. The summed E-state index contributed by atoms with van der Waals surface area (Å²) in [6, 6.07) is 0. The SMILES string of the molecule is Nc1nc(Cl)c(C2C3CC4CC(C3)CC2C4)s1. The zero-order valence-electron chi connectivity index (χ0n) is 9.73. The van der Waals surface area contributed by atoms with Crippen LogP contribution in [-0.2, 0) is 0 Å². The Morgan fingerprint density at radius 3 is 2.12 bits per heavy atom. The van der Waals surface area contributed by atoms with Crippen LogP contribution in [0.1, 0.15) is 42.9 Å². The van der Waals surface area contributed by atoms with Crippen LogP contribution in [0.15, 0.2) is 0 Å². The predicted molar refractivity (Wildman–Crippen MR) is 71.3 cm³/mol. The normalized spacial score (nSPS) is 43.2. The van der Waals surface area contributed by atoms with Gasteiger partial charge in [0.15, 0.2) is 5.13 Å². The molecule has 4 aliphatic carbocycles. The molecule has 0 atom stereocenters. The lowest BCUT2D eigenvalue weighted by molar-refractivity contribution is -0.00164.